The number of pyridine rings is 1. The van der Waals surface area contributed by atoms with Gasteiger partial charge in [0.05, 0.1) is 5.56 Å². The van der Waals surface area contributed by atoms with Crippen LogP contribution in [0.1, 0.15) is 21.5 Å². The maximum Gasteiger partial charge on any atom is 0.254 e. The Morgan fingerprint density at radius 2 is 1.96 bits per heavy atom. The summed E-state index contributed by atoms with van der Waals surface area (Å²) in [7, 11) is 0. The van der Waals surface area contributed by atoms with Crippen LogP contribution in [0.25, 0.3) is 0 Å². The van der Waals surface area contributed by atoms with E-state index >= 15 is 0 Å². The fourth-order valence-corrected chi connectivity index (χ4v) is 2.40. The molecule has 2 aromatic heterocycles. The van der Waals surface area contributed by atoms with Crippen molar-refractivity contribution in [2.75, 3.05) is 5.32 Å². The standard InChI is InChI=1S/C18H16BrN5O/c1-12-7-15(4-5-16(12)19)24-18-22-10-14(11-23-18)17(25)21-9-13-3-2-6-20-8-13/h2-8,10-11H,9H2,1H3,(H,21,25)(H,22,23,24). The van der Waals surface area contributed by atoms with E-state index in [1.807, 2.05) is 37.3 Å². The highest BCUT2D eigenvalue weighted by molar-refractivity contribution is 9.10. The Labute approximate surface area is 153 Å². The Hall–Kier alpha value is -2.80. The smallest absolute Gasteiger partial charge is 0.254 e. The number of nitrogens with one attached hydrogen (secondary N) is 2. The fourth-order valence-electron chi connectivity index (χ4n) is 2.15. The van der Waals surface area contributed by atoms with E-state index in [0.717, 1.165) is 21.3 Å². The van der Waals surface area contributed by atoms with Gasteiger partial charge in [-0.1, -0.05) is 22.0 Å². The summed E-state index contributed by atoms with van der Waals surface area (Å²) in [6, 6.07) is 9.60. The molecule has 0 aliphatic heterocycles. The van der Waals surface area contributed by atoms with E-state index in [4.69, 9.17) is 0 Å². The average molecular weight is 398 g/mol. The van der Waals surface area contributed by atoms with E-state index in [1.165, 1.54) is 12.4 Å². The molecule has 1 amide bonds. The molecule has 1 aromatic carbocycles. The van der Waals surface area contributed by atoms with Crippen molar-refractivity contribution in [1.29, 1.82) is 0 Å². The largest absolute Gasteiger partial charge is 0.348 e. The quantitative estimate of drug-likeness (QED) is 0.687. The number of hydrogen-bond acceptors (Lipinski definition) is 5. The van der Waals surface area contributed by atoms with Crippen LogP contribution in [0.5, 0.6) is 0 Å². The Balaban J connectivity index is 1.61. The van der Waals surface area contributed by atoms with Crippen LogP contribution in [0.2, 0.25) is 0 Å². The molecule has 0 aliphatic carbocycles. The molecule has 3 aromatic rings. The molecule has 0 aliphatic rings. The van der Waals surface area contributed by atoms with Gasteiger partial charge in [-0.05, 0) is 42.3 Å². The summed E-state index contributed by atoms with van der Waals surface area (Å²) in [5.74, 6) is 0.209. The molecule has 0 radical (unpaired) electrons. The van der Waals surface area contributed by atoms with Gasteiger partial charge in [0.15, 0.2) is 0 Å². The number of benzene rings is 1. The lowest BCUT2D eigenvalue weighted by molar-refractivity contribution is 0.0950. The van der Waals surface area contributed by atoms with Crippen LogP contribution >= 0.6 is 15.9 Å². The van der Waals surface area contributed by atoms with Crippen molar-refractivity contribution < 1.29 is 4.79 Å². The number of rotatable bonds is 5. The summed E-state index contributed by atoms with van der Waals surface area (Å²) in [5, 5.41) is 5.93. The van der Waals surface area contributed by atoms with Crippen molar-refractivity contribution in [3.8, 4) is 0 Å². The second kappa shape index (κ2) is 7.85. The predicted molar refractivity (Wildman–Crippen MR) is 99.6 cm³/mol. The van der Waals surface area contributed by atoms with Gasteiger partial charge >= 0.3 is 0 Å². The van der Waals surface area contributed by atoms with E-state index in [9.17, 15) is 4.79 Å². The van der Waals surface area contributed by atoms with Crippen LogP contribution in [0.15, 0.2) is 59.6 Å². The number of carbonyl (C=O) groups is 1. The minimum Gasteiger partial charge on any atom is -0.348 e. The molecule has 7 heteroatoms. The third kappa shape index (κ3) is 4.60. The summed E-state index contributed by atoms with van der Waals surface area (Å²) >= 11 is 3.46. The summed E-state index contributed by atoms with van der Waals surface area (Å²) in [5.41, 5.74) is 3.33. The number of anilines is 2. The van der Waals surface area contributed by atoms with Crippen LogP contribution in [0.4, 0.5) is 11.6 Å². The van der Waals surface area contributed by atoms with Gasteiger partial charge in [0.25, 0.3) is 5.91 Å². The zero-order chi connectivity index (χ0) is 17.6. The molecular weight excluding hydrogens is 382 g/mol. The molecule has 0 bridgehead atoms. The lowest BCUT2D eigenvalue weighted by atomic mass is 10.2. The molecule has 0 unspecified atom stereocenters. The van der Waals surface area contributed by atoms with Gasteiger partial charge in [0, 0.05) is 41.5 Å². The number of amides is 1. The molecule has 2 N–H and O–H groups in total. The second-order valence-electron chi connectivity index (χ2n) is 5.43. The topological polar surface area (TPSA) is 79.8 Å². The molecule has 6 nitrogen and oxygen atoms in total. The normalized spacial score (nSPS) is 10.3. The van der Waals surface area contributed by atoms with Crippen molar-refractivity contribution in [2.45, 2.75) is 13.5 Å². The third-order valence-corrected chi connectivity index (χ3v) is 4.39. The van der Waals surface area contributed by atoms with Gasteiger partial charge in [-0.3, -0.25) is 9.78 Å². The van der Waals surface area contributed by atoms with Gasteiger partial charge in [-0.25, -0.2) is 9.97 Å². The highest BCUT2D eigenvalue weighted by Crippen LogP contribution is 2.21. The minimum absolute atomic E-state index is 0.227. The van der Waals surface area contributed by atoms with Crippen LogP contribution in [-0.4, -0.2) is 20.9 Å². The van der Waals surface area contributed by atoms with Crippen LogP contribution in [-0.2, 0) is 6.54 Å². The molecule has 25 heavy (non-hydrogen) atoms. The van der Waals surface area contributed by atoms with E-state index < -0.39 is 0 Å². The number of nitrogens with zero attached hydrogens (tertiary/aromatic N) is 3. The Bertz CT molecular complexity index is 868. The maximum absolute atomic E-state index is 12.1. The lowest BCUT2D eigenvalue weighted by Crippen LogP contribution is -2.23. The molecular formula is C18H16BrN5O. The molecule has 0 fully saturated rings. The predicted octanol–water partition coefficient (Wildman–Crippen LogP) is 3.62. The van der Waals surface area contributed by atoms with E-state index in [-0.39, 0.29) is 5.91 Å². The first-order valence-electron chi connectivity index (χ1n) is 7.64. The maximum atomic E-state index is 12.1. The monoisotopic (exact) mass is 397 g/mol. The number of halogens is 1. The van der Waals surface area contributed by atoms with Gasteiger partial charge < -0.3 is 10.6 Å². The molecule has 0 atom stereocenters. The Morgan fingerprint density at radius 1 is 1.16 bits per heavy atom. The molecule has 2 heterocycles. The van der Waals surface area contributed by atoms with Crippen molar-refractivity contribution in [3.05, 3.63) is 76.3 Å². The average Bonchev–Trinajstić information content (AvgIpc) is 2.64. The third-order valence-electron chi connectivity index (χ3n) is 3.50. The van der Waals surface area contributed by atoms with Gasteiger partial charge in [0.2, 0.25) is 5.95 Å². The summed E-state index contributed by atoms with van der Waals surface area (Å²) < 4.78 is 1.04. The fraction of sp³-hybridized carbons (Fsp3) is 0.111. The summed E-state index contributed by atoms with van der Waals surface area (Å²) in [4.78, 5) is 24.5. The SMILES string of the molecule is Cc1cc(Nc2ncc(C(=O)NCc3cccnc3)cn2)ccc1Br. The zero-order valence-electron chi connectivity index (χ0n) is 13.5. The first kappa shape index (κ1) is 17.0. The number of carbonyl (C=O) groups excluding carboxylic acids is 1. The molecule has 0 saturated heterocycles. The first-order valence-corrected chi connectivity index (χ1v) is 8.43. The van der Waals surface area contributed by atoms with Crippen LogP contribution in [0, 0.1) is 6.92 Å². The van der Waals surface area contributed by atoms with Crippen molar-refractivity contribution >= 4 is 33.5 Å². The van der Waals surface area contributed by atoms with Gasteiger partial charge in [0.1, 0.15) is 0 Å². The number of aromatic nitrogens is 3. The van der Waals surface area contributed by atoms with Crippen molar-refractivity contribution in [3.63, 3.8) is 0 Å². The first-order chi connectivity index (χ1) is 12.1. The Morgan fingerprint density at radius 3 is 2.64 bits per heavy atom. The van der Waals surface area contributed by atoms with Crippen LogP contribution in [0.3, 0.4) is 0 Å². The van der Waals surface area contributed by atoms with Gasteiger partial charge in [-0.2, -0.15) is 0 Å². The molecule has 0 saturated carbocycles. The minimum atomic E-state index is -0.227. The summed E-state index contributed by atoms with van der Waals surface area (Å²) in [6.45, 7) is 2.41. The molecule has 0 spiro atoms. The van der Waals surface area contributed by atoms with E-state index in [0.29, 0.717) is 18.1 Å². The van der Waals surface area contributed by atoms with Crippen molar-refractivity contribution in [2.24, 2.45) is 0 Å². The number of hydrogen-bond donors (Lipinski definition) is 2. The van der Waals surface area contributed by atoms with E-state index in [2.05, 4.69) is 41.5 Å². The zero-order valence-corrected chi connectivity index (χ0v) is 15.1. The number of aryl methyl sites for hydroxylation is 1. The highest BCUT2D eigenvalue weighted by Gasteiger charge is 2.07. The summed E-state index contributed by atoms with van der Waals surface area (Å²) in [6.07, 6.45) is 6.40. The van der Waals surface area contributed by atoms with E-state index in [1.54, 1.807) is 12.4 Å². The van der Waals surface area contributed by atoms with Crippen LogP contribution < -0.4 is 10.6 Å². The second-order valence-corrected chi connectivity index (χ2v) is 6.28. The molecule has 3 rings (SSSR count). The molecule has 126 valence electrons. The van der Waals surface area contributed by atoms with Gasteiger partial charge in [-0.15, -0.1) is 0 Å². The lowest BCUT2D eigenvalue weighted by Gasteiger charge is -2.08. The van der Waals surface area contributed by atoms with Crippen molar-refractivity contribution in [1.82, 2.24) is 20.3 Å². The Kier molecular flexibility index (Phi) is 5.35. The highest BCUT2D eigenvalue weighted by atomic mass is 79.9.